The number of phenols is 1. The third-order valence-electron chi connectivity index (χ3n) is 7.02. The predicted molar refractivity (Wildman–Crippen MR) is 154 cm³/mol. The first-order chi connectivity index (χ1) is 19.7. The molecule has 0 bridgehead atoms. The van der Waals surface area contributed by atoms with E-state index < -0.39 is 17.9 Å². The SMILES string of the molecule is N#Cc1ccccc1Cn1c(N2CCC[C@@H](N)C2)nc2cc(C(=O)N[C@@H](Cc3ccc(O)cc3)C(=O)O)sc2c1=O. The second kappa shape index (κ2) is 11.8. The zero-order valence-electron chi connectivity index (χ0n) is 22.0. The van der Waals surface area contributed by atoms with Crippen molar-refractivity contribution in [3.05, 3.63) is 86.5 Å². The molecule has 41 heavy (non-hydrogen) atoms. The number of phenolic OH excluding ortho intramolecular Hbond substituents is 1. The zero-order chi connectivity index (χ0) is 29.1. The van der Waals surface area contributed by atoms with E-state index in [0.717, 1.165) is 24.2 Å². The number of benzene rings is 2. The van der Waals surface area contributed by atoms with Gasteiger partial charge >= 0.3 is 5.97 Å². The van der Waals surface area contributed by atoms with Gasteiger partial charge < -0.3 is 26.2 Å². The Bertz CT molecular complexity index is 1710. The fourth-order valence-corrected chi connectivity index (χ4v) is 5.87. The van der Waals surface area contributed by atoms with Crippen LogP contribution in [0.25, 0.3) is 10.2 Å². The Kier molecular flexibility index (Phi) is 8.00. The average molecular weight is 573 g/mol. The van der Waals surface area contributed by atoms with Gasteiger partial charge in [0.1, 0.15) is 16.5 Å². The second-order valence-electron chi connectivity index (χ2n) is 9.98. The van der Waals surface area contributed by atoms with Gasteiger partial charge in [-0.05, 0) is 48.2 Å². The first-order valence-electron chi connectivity index (χ1n) is 13.1. The number of aromatic nitrogens is 2. The summed E-state index contributed by atoms with van der Waals surface area (Å²) in [6.45, 7) is 1.27. The number of nitriles is 1. The molecule has 2 aromatic carbocycles. The van der Waals surface area contributed by atoms with Gasteiger partial charge in [-0.25, -0.2) is 9.78 Å². The summed E-state index contributed by atoms with van der Waals surface area (Å²) in [6, 6.07) is 15.4. The molecule has 0 saturated carbocycles. The van der Waals surface area contributed by atoms with Crippen molar-refractivity contribution >= 4 is 39.4 Å². The summed E-state index contributed by atoms with van der Waals surface area (Å²) in [5, 5.41) is 31.3. The van der Waals surface area contributed by atoms with Crippen LogP contribution >= 0.6 is 11.3 Å². The van der Waals surface area contributed by atoms with Gasteiger partial charge in [-0.15, -0.1) is 11.3 Å². The van der Waals surface area contributed by atoms with E-state index in [1.54, 1.807) is 36.4 Å². The van der Waals surface area contributed by atoms with Crippen LogP contribution in [0.3, 0.4) is 0 Å². The maximum atomic E-state index is 13.9. The number of carboxylic acids is 1. The van der Waals surface area contributed by atoms with Crippen LogP contribution in [0, 0.1) is 11.3 Å². The number of amides is 1. The van der Waals surface area contributed by atoms with E-state index in [1.807, 2.05) is 4.90 Å². The summed E-state index contributed by atoms with van der Waals surface area (Å²) in [4.78, 5) is 45.8. The summed E-state index contributed by atoms with van der Waals surface area (Å²) in [6.07, 6.45) is 1.70. The van der Waals surface area contributed by atoms with Gasteiger partial charge in [-0.3, -0.25) is 14.2 Å². The highest BCUT2D eigenvalue weighted by Crippen LogP contribution is 2.26. The third kappa shape index (κ3) is 6.06. The summed E-state index contributed by atoms with van der Waals surface area (Å²) < 4.78 is 1.76. The molecule has 210 valence electrons. The summed E-state index contributed by atoms with van der Waals surface area (Å²) >= 11 is 0.942. The van der Waals surface area contributed by atoms with E-state index in [9.17, 15) is 29.9 Å². The number of aromatic hydroxyl groups is 1. The second-order valence-corrected chi connectivity index (χ2v) is 11.0. The van der Waals surface area contributed by atoms with Gasteiger partial charge in [0, 0.05) is 25.6 Å². The number of aliphatic carboxylic acids is 1. The van der Waals surface area contributed by atoms with Crippen LogP contribution in [0.4, 0.5) is 5.95 Å². The molecule has 0 aliphatic carbocycles. The Hall–Kier alpha value is -4.73. The minimum absolute atomic E-state index is 0.00890. The van der Waals surface area contributed by atoms with Crippen molar-refractivity contribution in [2.24, 2.45) is 5.73 Å². The number of fused-ring (bicyclic) bond motifs is 1. The summed E-state index contributed by atoms with van der Waals surface area (Å²) in [5.74, 6) is -1.39. The van der Waals surface area contributed by atoms with Crippen LogP contribution in [0.2, 0.25) is 0 Å². The normalized spacial score (nSPS) is 15.8. The zero-order valence-corrected chi connectivity index (χ0v) is 22.8. The number of nitrogens with zero attached hydrogens (tertiary/aromatic N) is 4. The van der Waals surface area contributed by atoms with Crippen molar-refractivity contribution in [3.8, 4) is 11.8 Å². The van der Waals surface area contributed by atoms with Crippen molar-refractivity contribution in [3.63, 3.8) is 0 Å². The Morgan fingerprint density at radius 3 is 2.68 bits per heavy atom. The van der Waals surface area contributed by atoms with Crippen LogP contribution in [0.5, 0.6) is 5.75 Å². The van der Waals surface area contributed by atoms with Crippen LogP contribution < -0.4 is 21.5 Å². The first kappa shape index (κ1) is 27.8. The molecule has 0 unspecified atom stereocenters. The Labute approximate surface area is 239 Å². The van der Waals surface area contributed by atoms with Gasteiger partial charge in [0.05, 0.1) is 28.6 Å². The molecule has 1 fully saturated rings. The number of rotatable bonds is 8. The molecule has 1 aliphatic heterocycles. The van der Waals surface area contributed by atoms with Gasteiger partial charge in [-0.1, -0.05) is 30.3 Å². The molecule has 12 heteroatoms. The smallest absolute Gasteiger partial charge is 0.326 e. The van der Waals surface area contributed by atoms with Crippen molar-refractivity contribution < 1.29 is 19.8 Å². The van der Waals surface area contributed by atoms with Gasteiger partial charge in [0.2, 0.25) is 5.95 Å². The predicted octanol–water partition coefficient (Wildman–Crippen LogP) is 2.44. The lowest BCUT2D eigenvalue weighted by atomic mass is 10.1. The maximum absolute atomic E-state index is 13.9. The average Bonchev–Trinajstić information content (AvgIpc) is 3.40. The molecular weight excluding hydrogens is 544 g/mol. The van der Waals surface area contributed by atoms with E-state index in [1.165, 1.54) is 22.8 Å². The monoisotopic (exact) mass is 572 g/mol. The highest BCUT2D eigenvalue weighted by atomic mass is 32.1. The lowest BCUT2D eigenvalue weighted by Gasteiger charge is -2.33. The molecule has 4 aromatic rings. The Morgan fingerprint density at radius 2 is 1.98 bits per heavy atom. The fourth-order valence-electron chi connectivity index (χ4n) is 4.92. The van der Waals surface area contributed by atoms with Crippen LogP contribution in [-0.2, 0) is 17.8 Å². The van der Waals surface area contributed by atoms with Crippen molar-refractivity contribution in [1.29, 1.82) is 5.26 Å². The number of piperidine rings is 1. The van der Waals surface area contributed by atoms with Crippen LogP contribution in [-0.4, -0.2) is 56.8 Å². The highest BCUT2D eigenvalue weighted by Gasteiger charge is 2.26. The molecule has 3 heterocycles. The molecule has 2 atom stereocenters. The molecule has 5 N–H and O–H groups in total. The number of hydrogen-bond donors (Lipinski definition) is 4. The Morgan fingerprint density at radius 1 is 1.22 bits per heavy atom. The maximum Gasteiger partial charge on any atom is 0.326 e. The summed E-state index contributed by atoms with van der Waals surface area (Å²) in [7, 11) is 0. The molecule has 1 saturated heterocycles. The molecular formula is C29H28N6O5S. The van der Waals surface area contributed by atoms with Gasteiger partial charge in [0.25, 0.3) is 11.5 Å². The largest absolute Gasteiger partial charge is 0.508 e. The minimum Gasteiger partial charge on any atom is -0.508 e. The molecule has 5 rings (SSSR count). The number of anilines is 1. The van der Waals surface area contributed by atoms with Crippen molar-refractivity contribution in [2.75, 3.05) is 18.0 Å². The summed E-state index contributed by atoms with van der Waals surface area (Å²) in [5.41, 5.74) is 7.92. The Balaban J connectivity index is 1.51. The van der Waals surface area contributed by atoms with Gasteiger partial charge in [0.15, 0.2) is 0 Å². The highest BCUT2D eigenvalue weighted by molar-refractivity contribution is 7.20. The van der Waals surface area contributed by atoms with Crippen molar-refractivity contribution in [1.82, 2.24) is 14.9 Å². The number of carboxylic acid groups (broad SMARTS) is 1. The van der Waals surface area contributed by atoms with Gasteiger partial charge in [-0.2, -0.15) is 5.26 Å². The van der Waals surface area contributed by atoms with Crippen LogP contribution in [0.15, 0.2) is 59.4 Å². The molecule has 1 amide bonds. The number of carbonyl (C=O) groups is 2. The molecule has 11 nitrogen and oxygen atoms in total. The van der Waals surface area contributed by atoms with Crippen molar-refractivity contribution in [2.45, 2.75) is 37.9 Å². The first-order valence-corrected chi connectivity index (χ1v) is 13.9. The van der Waals surface area contributed by atoms with E-state index in [0.29, 0.717) is 41.2 Å². The standard InChI is InChI=1S/C29H28N6O5S/c30-14-18-4-1-2-5-19(18)15-35-27(38)25-22(33-29(35)34-11-3-6-20(31)16-34)13-24(41-25)26(37)32-23(28(39)40)12-17-7-9-21(36)10-8-17/h1-2,4-5,7-10,13,20,23,36H,3,6,11-12,15-16,31H2,(H,32,37)(H,39,40)/t20-,23+/m1/s1. The topological polar surface area (TPSA) is 175 Å². The molecule has 0 radical (unpaired) electrons. The number of nitrogens with two attached hydrogens (primary N) is 1. The molecule has 1 aliphatic rings. The van der Waals surface area contributed by atoms with E-state index in [-0.39, 0.29) is 39.9 Å². The third-order valence-corrected chi connectivity index (χ3v) is 8.14. The quantitative estimate of drug-likeness (QED) is 0.247. The number of carbonyl (C=O) groups excluding carboxylic acids is 1. The molecule has 0 spiro atoms. The van der Waals surface area contributed by atoms with Crippen LogP contribution in [0.1, 0.15) is 39.2 Å². The minimum atomic E-state index is -1.23. The number of thiophene rings is 1. The fraction of sp³-hybridized carbons (Fsp3) is 0.276. The molecule has 2 aromatic heterocycles. The number of hydrogen-bond acceptors (Lipinski definition) is 9. The number of nitrogens with one attached hydrogen (secondary N) is 1. The lowest BCUT2D eigenvalue weighted by Crippen LogP contribution is -2.45. The van der Waals surface area contributed by atoms with E-state index in [2.05, 4.69) is 11.4 Å². The lowest BCUT2D eigenvalue weighted by molar-refractivity contribution is -0.139. The van der Waals surface area contributed by atoms with E-state index in [4.69, 9.17) is 10.7 Å². The van der Waals surface area contributed by atoms with E-state index >= 15 is 0 Å².